The number of ether oxygens (including phenoxy) is 1. The smallest absolute Gasteiger partial charge is 0.322 e. The molecule has 0 saturated heterocycles. The number of rotatable bonds is 9. The van der Waals surface area contributed by atoms with Crippen molar-refractivity contribution in [2.24, 2.45) is 5.73 Å². The SMILES string of the molecule is CCCCCCCOC(=O)[C@@H](N)CCO. The molecule has 4 nitrogen and oxygen atoms in total. The van der Waals surface area contributed by atoms with Gasteiger partial charge in [-0.1, -0.05) is 32.6 Å². The molecule has 0 radical (unpaired) electrons. The summed E-state index contributed by atoms with van der Waals surface area (Å²) >= 11 is 0. The highest BCUT2D eigenvalue weighted by atomic mass is 16.5. The fourth-order valence-corrected chi connectivity index (χ4v) is 1.24. The zero-order valence-corrected chi connectivity index (χ0v) is 9.58. The van der Waals surface area contributed by atoms with Crippen molar-refractivity contribution in [3.63, 3.8) is 0 Å². The molecule has 0 aromatic rings. The van der Waals surface area contributed by atoms with Gasteiger partial charge in [-0.05, 0) is 12.8 Å². The molecule has 0 fully saturated rings. The van der Waals surface area contributed by atoms with Gasteiger partial charge >= 0.3 is 5.97 Å². The number of esters is 1. The van der Waals surface area contributed by atoms with Crippen LogP contribution in [0.5, 0.6) is 0 Å². The number of aliphatic hydroxyl groups excluding tert-OH is 1. The maximum atomic E-state index is 11.2. The standard InChI is InChI=1S/C11H23NO3/c1-2-3-4-5-6-9-15-11(14)10(12)7-8-13/h10,13H,2-9,12H2,1H3/t10-/m0/s1. The van der Waals surface area contributed by atoms with E-state index in [0.717, 1.165) is 12.8 Å². The van der Waals surface area contributed by atoms with Crippen molar-refractivity contribution in [2.45, 2.75) is 51.5 Å². The molecule has 0 aromatic carbocycles. The van der Waals surface area contributed by atoms with E-state index in [1.165, 1.54) is 19.3 Å². The highest BCUT2D eigenvalue weighted by Crippen LogP contribution is 2.02. The summed E-state index contributed by atoms with van der Waals surface area (Å²) in [5.41, 5.74) is 5.46. The van der Waals surface area contributed by atoms with Crippen LogP contribution in [0.3, 0.4) is 0 Å². The van der Waals surface area contributed by atoms with Crippen LogP contribution in [0.2, 0.25) is 0 Å². The van der Waals surface area contributed by atoms with Crippen LogP contribution < -0.4 is 5.73 Å². The van der Waals surface area contributed by atoms with Crippen molar-refractivity contribution in [3.05, 3.63) is 0 Å². The molecule has 90 valence electrons. The molecular weight excluding hydrogens is 194 g/mol. The van der Waals surface area contributed by atoms with Gasteiger partial charge in [-0.2, -0.15) is 0 Å². The van der Waals surface area contributed by atoms with Gasteiger partial charge in [-0.15, -0.1) is 0 Å². The van der Waals surface area contributed by atoms with Crippen molar-refractivity contribution < 1.29 is 14.6 Å². The van der Waals surface area contributed by atoms with Gasteiger partial charge in [-0.3, -0.25) is 4.79 Å². The lowest BCUT2D eigenvalue weighted by Gasteiger charge is -2.09. The second kappa shape index (κ2) is 9.93. The molecule has 0 amide bonds. The van der Waals surface area contributed by atoms with E-state index in [0.29, 0.717) is 6.61 Å². The topological polar surface area (TPSA) is 72.5 Å². The molecule has 0 heterocycles. The molecule has 4 heteroatoms. The lowest BCUT2D eigenvalue weighted by atomic mass is 10.2. The normalized spacial score (nSPS) is 12.5. The number of nitrogens with two attached hydrogens (primary N) is 1. The summed E-state index contributed by atoms with van der Waals surface area (Å²) in [6, 6.07) is -0.675. The summed E-state index contributed by atoms with van der Waals surface area (Å²) in [6.45, 7) is 2.53. The molecule has 1 atom stereocenters. The summed E-state index contributed by atoms with van der Waals surface area (Å²) < 4.78 is 4.96. The zero-order chi connectivity index (χ0) is 11.5. The van der Waals surface area contributed by atoms with Crippen LogP contribution in [-0.4, -0.2) is 30.3 Å². The summed E-state index contributed by atoms with van der Waals surface area (Å²) in [6.07, 6.45) is 5.90. The quantitative estimate of drug-likeness (QED) is 0.450. The third kappa shape index (κ3) is 8.39. The third-order valence-electron chi connectivity index (χ3n) is 2.24. The first-order valence-electron chi connectivity index (χ1n) is 5.75. The van der Waals surface area contributed by atoms with E-state index in [-0.39, 0.29) is 13.0 Å². The Morgan fingerprint density at radius 2 is 2.00 bits per heavy atom. The van der Waals surface area contributed by atoms with Gasteiger partial charge in [-0.25, -0.2) is 0 Å². The van der Waals surface area contributed by atoms with Crippen LogP contribution in [0.4, 0.5) is 0 Å². The summed E-state index contributed by atoms with van der Waals surface area (Å²) in [4.78, 5) is 11.2. The molecule has 0 unspecified atom stereocenters. The Labute approximate surface area is 91.8 Å². The van der Waals surface area contributed by atoms with E-state index in [1.54, 1.807) is 0 Å². The molecule has 0 saturated carbocycles. The molecule has 0 aliphatic rings. The van der Waals surface area contributed by atoms with Crippen LogP contribution in [0.1, 0.15) is 45.4 Å². The predicted octanol–water partition coefficient (Wildman–Crippen LogP) is 1.21. The Balaban J connectivity index is 3.30. The van der Waals surface area contributed by atoms with Crippen molar-refractivity contribution in [3.8, 4) is 0 Å². The minimum atomic E-state index is -0.675. The Bertz CT molecular complexity index is 162. The van der Waals surface area contributed by atoms with Gasteiger partial charge < -0.3 is 15.6 Å². The lowest BCUT2D eigenvalue weighted by molar-refractivity contribution is -0.145. The first-order chi connectivity index (χ1) is 7.22. The molecule has 0 aliphatic heterocycles. The molecule has 0 aliphatic carbocycles. The summed E-state index contributed by atoms with van der Waals surface area (Å²) in [7, 11) is 0. The first-order valence-corrected chi connectivity index (χ1v) is 5.75. The van der Waals surface area contributed by atoms with Gasteiger partial charge in [0.25, 0.3) is 0 Å². The van der Waals surface area contributed by atoms with Crippen molar-refractivity contribution in [1.29, 1.82) is 0 Å². The van der Waals surface area contributed by atoms with Gasteiger partial charge in [0.15, 0.2) is 0 Å². The van der Waals surface area contributed by atoms with Crippen LogP contribution in [0.15, 0.2) is 0 Å². The molecule has 3 N–H and O–H groups in total. The first kappa shape index (κ1) is 14.4. The van der Waals surface area contributed by atoms with Gasteiger partial charge in [0, 0.05) is 6.61 Å². The number of aliphatic hydroxyl groups is 1. The monoisotopic (exact) mass is 217 g/mol. The summed E-state index contributed by atoms with van der Waals surface area (Å²) in [5, 5.41) is 8.57. The zero-order valence-electron chi connectivity index (χ0n) is 9.58. The van der Waals surface area contributed by atoms with E-state index in [4.69, 9.17) is 15.6 Å². The van der Waals surface area contributed by atoms with Crippen molar-refractivity contribution in [2.75, 3.05) is 13.2 Å². The average molecular weight is 217 g/mol. The fourth-order valence-electron chi connectivity index (χ4n) is 1.24. The average Bonchev–Trinajstić information content (AvgIpc) is 2.23. The van der Waals surface area contributed by atoms with Gasteiger partial charge in [0.2, 0.25) is 0 Å². The van der Waals surface area contributed by atoms with E-state index >= 15 is 0 Å². The van der Waals surface area contributed by atoms with Crippen LogP contribution in [0.25, 0.3) is 0 Å². The molecular formula is C11H23NO3. The van der Waals surface area contributed by atoms with Crippen LogP contribution >= 0.6 is 0 Å². The Kier molecular flexibility index (Phi) is 9.52. The number of carbonyl (C=O) groups is 1. The fraction of sp³-hybridized carbons (Fsp3) is 0.909. The van der Waals surface area contributed by atoms with Crippen molar-refractivity contribution in [1.82, 2.24) is 0 Å². The minimum absolute atomic E-state index is 0.0766. The van der Waals surface area contributed by atoms with E-state index < -0.39 is 12.0 Å². The predicted molar refractivity (Wildman–Crippen MR) is 59.4 cm³/mol. The number of hydrogen-bond donors (Lipinski definition) is 2. The second-order valence-corrected chi connectivity index (χ2v) is 3.70. The number of unbranched alkanes of at least 4 members (excludes halogenated alkanes) is 4. The Morgan fingerprint density at radius 3 is 2.60 bits per heavy atom. The Hall–Kier alpha value is -0.610. The van der Waals surface area contributed by atoms with E-state index in [2.05, 4.69) is 6.92 Å². The largest absolute Gasteiger partial charge is 0.465 e. The highest BCUT2D eigenvalue weighted by Gasteiger charge is 2.13. The minimum Gasteiger partial charge on any atom is -0.465 e. The maximum absolute atomic E-state index is 11.2. The van der Waals surface area contributed by atoms with Gasteiger partial charge in [0.1, 0.15) is 6.04 Å². The lowest BCUT2D eigenvalue weighted by Crippen LogP contribution is -2.33. The van der Waals surface area contributed by atoms with Crippen LogP contribution in [-0.2, 0) is 9.53 Å². The maximum Gasteiger partial charge on any atom is 0.322 e. The molecule has 0 spiro atoms. The molecule has 0 bridgehead atoms. The van der Waals surface area contributed by atoms with E-state index in [1.807, 2.05) is 0 Å². The summed E-state index contributed by atoms with van der Waals surface area (Å²) in [5.74, 6) is -0.403. The molecule has 0 rings (SSSR count). The van der Waals surface area contributed by atoms with Crippen molar-refractivity contribution >= 4 is 5.97 Å². The highest BCUT2D eigenvalue weighted by molar-refractivity contribution is 5.75. The molecule has 0 aromatic heterocycles. The van der Waals surface area contributed by atoms with E-state index in [9.17, 15) is 4.79 Å². The number of hydrogen-bond acceptors (Lipinski definition) is 4. The van der Waals surface area contributed by atoms with Gasteiger partial charge in [0.05, 0.1) is 6.61 Å². The third-order valence-corrected chi connectivity index (χ3v) is 2.24. The number of carbonyl (C=O) groups excluding carboxylic acids is 1. The van der Waals surface area contributed by atoms with Crippen LogP contribution in [0, 0.1) is 0 Å². The second-order valence-electron chi connectivity index (χ2n) is 3.70. The Morgan fingerprint density at radius 1 is 1.33 bits per heavy atom. The molecule has 15 heavy (non-hydrogen) atoms.